The third-order valence-electron chi connectivity index (χ3n) is 5.69. The molecule has 0 aliphatic carbocycles. The van der Waals surface area contributed by atoms with Crippen molar-refractivity contribution >= 4 is 22.0 Å². The van der Waals surface area contributed by atoms with Gasteiger partial charge in [0.25, 0.3) is 15.9 Å². The standard InChI is InChI=1S/C22H31N5O5S/c1-6-7-17-8-18-21(23-9-17)32-19(15(2)10-27(22(18)29)16(3)13-28)11-26(5)33(30,31)20-12-25(4)14-24-20/h6-9,12,14-16,19,28H,10-11,13H2,1-5H3/b7-6+/t15-,16+,19-/m1/s1. The van der Waals surface area contributed by atoms with Crippen molar-refractivity contribution in [1.82, 2.24) is 23.7 Å². The number of carbonyl (C=O) groups is 1. The number of nitrogens with zero attached hydrogens (tertiary/aromatic N) is 5. The summed E-state index contributed by atoms with van der Waals surface area (Å²) < 4.78 is 34.9. The van der Waals surface area contributed by atoms with Crippen LogP contribution in [0.1, 0.15) is 36.7 Å². The number of ether oxygens (including phenoxy) is 1. The lowest BCUT2D eigenvalue weighted by Gasteiger charge is -2.37. The molecule has 0 radical (unpaired) electrons. The van der Waals surface area contributed by atoms with Gasteiger partial charge in [0.15, 0.2) is 5.03 Å². The number of aromatic nitrogens is 3. The lowest BCUT2D eigenvalue weighted by atomic mass is 10.00. The summed E-state index contributed by atoms with van der Waals surface area (Å²) in [6.45, 7) is 5.64. The van der Waals surface area contributed by atoms with Crippen molar-refractivity contribution in [3.63, 3.8) is 0 Å². The first-order valence-corrected chi connectivity index (χ1v) is 12.2. The van der Waals surface area contributed by atoms with Crippen LogP contribution in [0.3, 0.4) is 0 Å². The van der Waals surface area contributed by atoms with E-state index in [-0.39, 0.29) is 48.0 Å². The first-order chi connectivity index (χ1) is 15.6. The van der Waals surface area contributed by atoms with E-state index in [0.717, 1.165) is 5.56 Å². The first kappa shape index (κ1) is 24.9. The number of aryl methyl sites for hydroxylation is 1. The van der Waals surface area contributed by atoms with Crippen molar-refractivity contribution in [2.45, 2.75) is 37.9 Å². The molecule has 0 saturated carbocycles. The normalized spacial score (nSPS) is 20.5. The SMILES string of the molecule is C/C=C/c1cnc2c(c1)C(=O)N([C@@H](C)CO)C[C@@H](C)[C@@H](CN(C)S(=O)(=O)c1cn(C)cn1)O2. The molecule has 3 heterocycles. The van der Waals surface area contributed by atoms with Crippen LogP contribution in [0, 0.1) is 5.92 Å². The molecule has 33 heavy (non-hydrogen) atoms. The van der Waals surface area contributed by atoms with E-state index in [9.17, 15) is 18.3 Å². The van der Waals surface area contributed by atoms with Crippen LogP contribution in [0.15, 0.2) is 35.9 Å². The molecular formula is C22H31N5O5S. The molecule has 0 fully saturated rings. The van der Waals surface area contributed by atoms with Gasteiger partial charge in [-0.3, -0.25) is 4.79 Å². The molecule has 0 unspecified atom stereocenters. The summed E-state index contributed by atoms with van der Waals surface area (Å²) in [5, 5.41) is 9.69. The Morgan fingerprint density at radius 2 is 2.12 bits per heavy atom. The molecule has 0 saturated heterocycles. The fourth-order valence-electron chi connectivity index (χ4n) is 3.65. The Morgan fingerprint density at radius 1 is 1.39 bits per heavy atom. The molecule has 11 heteroatoms. The molecule has 3 atom stereocenters. The number of sulfonamides is 1. The van der Waals surface area contributed by atoms with Gasteiger partial charge in [-0.05, 0) is 25.5 Å². The number of amides is 1. The van der Waals surface area contributed by atoms with E-state index in [1.54, 1.807) is 35.7 Å². The van der Waals surface area contributed by atoms with Gasteiger partial charge in [-0.25, -0.2) is 18.4 Å². The van der Waals surface area contributed by atoms with Gasteiger partial charge in [0, 0.05) is 39.0 Å². The summed E-state index contributed by atoms with van der Waals surface area (Å²) in [7, 11) is -0.655. The molecule has 2 aromatic rings. The monoisotopic (exact) mass is 477 g/mol. The largest absolute Gasteiger partial charge is 0.472 e. The summed E-state index contributed by atoms with van der Waals surface area (Å²) in [5.41, 5.74) is 1.02. The fourth-order valence-corrected chi connectivity index (χ4v) is 4.80. The predicted octanol–water partition coefficient (Wildman–Crippen LogP) is 1.39. The second-order valence-electron chi connectivity index (χ2n) is 8.41. The van der Waals surface area contributed by atoms with Crippen LogP contribution >= 0.6 is 0 Å². The highest BCUT2D eigenvalue weighted by atomic mass is 32.2. The average Bonchev–Trinajstić information content (AvgIpc) is 3.23. The zero-order chi connectivity index (χ0) is 24.3. The molecule has 1 N–H and O–H groups in total. The number of hydrogen-bond acceptors (Lipinski definition) is 7. The Kier molecular flexibility index (Phi) is 7.55. The van der Waals surface area contributed by atoms with Crippen LogP contribution in [0.25, 0.3) is 6.08 Å². The summed E-state index contributed by atoms with van der Waals surface area (Å²) >= 11 is 0. The lowest BCUT2D eigenvalue weighted by molar-refractivity contribution is 0.0373. The summed E-state index contributed by atoms with van der Waals surface area (Å²) in [6.07, 6.45) is 7.55. The van der Waals surface area contributed by atoms with E-state index in [2.05, 4.69) is 9.97 Å². The zero-order valence-corrected chi connectivity index (χ0v) is 20.4. The Hall–Kier alpha value is -2.76. The van der Waals surface area contributed by atoms with Crippen LogP contribution in [-0.2, 0) is 17.1 Å². The van der Waals surface area contributed by atoms with Crippen molar-refractivity contribution < 1.29 is 23.1 Å². The molecule has 0 bridgehead atoms. The van der Waals surface area contributed by atoms with Crippen molar-refractivity contribution in [3.8, 4) is 5.88 Å². The maximum absolute atomic E-state index is 13.3. The van der Waals surface area contributed by atoms with E-state index in [1.807, 2.05) is 26.0 Å². The first-order valence-electron chi connectivity index (χ1n) is 10.7. The number of rotatable bonds is 7. The lowest BCUT2D eigenvalue weighted by Crippen LogP contribution is -2.50. The Morgan fingerprint density at radius 3 is 2.73 bits per heavy atom. The van der Waals surface area contributed by atoms with Crippen LogP contribution in [0.5, 0.6) is 5.88 Å². The Bertz CT molecular complexity index is 1130. The third-order valence-corrected chi connectivity index (χ3v) is 7.40. The highest BCUT2D eigenvalue weighted by molar-refractivity contribution is 7.89. The van der Waals surface area contributed by atoms with Crippen molar-refractivity contribution in [2.75, 3.05) is 26.7 Å². The number of fused-ring (bicyclic) bond motifs is 1. The summed E-state index contributed by atoms with van der Waals surface area (Å²) in [5.74, 6) is -0.386. The van der Waals surface area contributed by atoms with Crippen LogP contribution in [0.2, 0.25) is 0 Å². The highest BCUT2D eigenvalue weighted by Gasteiger charge is 2.36. The maximum Gasteiger partial charge on any atom is 0.261 e. The molecule has 1 amide bonds. The van der Waals surface area contributed by atoms with Crippen molar-refractivity contribution in [2.24, 2.45) is 13.0 Å². The Balaban J connectivity index is 1.97. The molecule has 180 valence electrons. The van der Waals surface area contributed by atoms with Gasteiger partial charge < -0.3 is 19.3 Å². The van der Waals surface area contributed by atoms with E-state index in [4.69, 9.17) is 4.74 Å². The fraction of sp³-hybridized carbons (Fsp3) is 0.500. The van der Waals surface area contributed by atoms with E-state index < -0.39 is 22.2 Å². The van der Waals surface area contributed by atoms with E-state index in [0.29, 0.717) is 0 Å². The van der Waals surface area contributed by atoms with E-state index >= 15 is 0 Å². The van der Waals surface area contributed by atoms with Gasteiger partial charge >= 0.3 is 0 Å². The highest BCUT2D eigenvalue weighted by Crippen LogP contribution is 2.28. The molecular weight excluding hydrogens is 446 g/mol. The topological polar surface area (TPSA) is 118 Å². The second kappa shape index (κ2) is 10.0. The zero-order valence-electron chi connectivity index (χ0n) is 19.5. The summed E-state index contributed by atoms with van der Waals surface area (Å²) in [4.78, 5) is 23.2. The third kappa shape index (κ3) is 5.26. The van der Waals surface area contributed by atoms with E-state index in [1.165, 1.54) is 23.9 Å². The number of carbonyl (C=O) groups excluding carboxylic acids is 1. The average molecular weight is 478 g/mol. The van der Waals surface area contributed by atoms with Gasteiger partial charge in [0.05, 0.1) is 25.5 Å². The number of allylic oxidation sites excluding steroid dienone is 1. The second-order valence-corrected chi connectivity index (χ2v) is 10.4. The maximum atomic E-state index is 13.3. The number of likely N-dealkylation sites (N-methyl/N-ethyl adjacent to an activating group) is 1. The van der Waals surface area contributed by atoms with Crippen molar-refractivity contribution in [1.29, 1.82) is 0 Å². The van der Waals surface area contributed by atoms with Gasteiger partial charge in [0.1, 0.15) is 11.7 Å². The Labute approximate surface area is 194 Å². The van der Waals surface area contributed by atoms with Gasteiger partial charge in [-0.15, -0.1) is 0 Å². The van der Waals surface area contributed by atoms with Crippen molar-refractivity contribution in [3.05, 3.63) is 42.0 Å². The minimum atomic E-state index is -3.83. The number of aliphatic hydroxyl groups excluding tert-OH is 1. The van der Waals surface area contributed by atoms with Gasteiger partial charge in [-0.1, -0.05) is 19.1 Å². The van der Waals surface area contributed by atoms with Crippen LogP contribution in [0.4, 0.5) is 0 Å². The molecule has 10 nitrogen and oxygen atoms in total. The molecule has 2 aromatic heterocycles. The quantitative estimate of drug-likeness (QED) is 0.640. The molecule has 3 rings (SSSR count). The number of aliphatic hydroxyl groups is 1. The van der Waals surface area contributed by atoms with Crippen LogP contribution in [-0.4, -0.2) is 82.1 Å². The number of pyridine rings is 1. The van der Waals surface area contributed by atoms with Crippen LogP contribution < -0.4 is 4.74 Å². The number of imidazole rings is 1. The molecule has 1 aliphatic heterocycles. The summed E-state index contributed by atoms with van der Waals surface area (Å²) in [6, 6.07) is 1.27. The van der Waals surface area contributed by atoms with Gasteiger partial charge in [0.2, 0.25) is 5.88 Å². The predicted molar refractivity (Wildman–Crippen MR) is 123 cm³/mol. The smallest absolute Gasteiger partial charge is 0.261 e. The molecule has 0 spiro atoms. The minimum absolute atomic E-state index is 0.0351. The molecule has 1 aliphatic rings. The minimum Gasteiger partial charge on any atom is -0.472 e. The number of hydrogen-bond donors (Lipinski definition) is 1. The van der Waals surface area contributed by atoms with Gasteiger partial charge in [-0.2, -0.15) is 4.31 Å². The molecule has 0 aromatic carbocycles.